The first-order chi connectivity index (χ1) is 14.7. The van der Waals surface area contributed by atoms with Crippen LogP contribution in [0, 0.1) is 0 Å². The average molecular weight is 411 g/mol. The van der Waals surface area contributed by atoms with Crippen LogP contribution in [0.4, 0.5) is 11.9 Å². The number of methoxy groups -OCH3 is 3. The van der Waals surface area contributed by atoms with Gasteiger partial charge in [0.05, 0.1) is 14.2 Å². The quantitative estimate of drug-likeness (QED) is 0.525. The van der Waals surface area contributed by atoms with Crippen LogP contribution in [0.3, 0.4) is 0 Å². The van der Waals surface area contributed by atoms with Gasteiger partial charge in [0.2, 0.25) is 11.9 Å². The second kappa shape index (κ2) is 10.3. The number of carbonyl (C=O) groups is 1. The summed E-state index contributed by atoms with van der Waals surface area (Å²) in [6.07, 6.45) is 0. The van der Waals surface area contributed by atoms with Gasteiger partial charge in [-0.1, -0.05) is 36.4 Å². The van der Waals surface area contributed by atoms with Crippen molar-refractivity contribution < 1.29 is 19.0 Å². The van der Waals surface area contributed by atoms with Crippen molar-refractivity contribution in [1.82, 2.24) is 14.8 Å². The Balaban J connectivity index is 1.77. The van der Waals surface area contributed by atoms with Gasteiger partial charge in [0, 0.05) is 31.3 Å². The van der Waals surface area contributed by atoms with Crippen molar-refractivity contribution in [1.29, 1.82) is 0 Å². The fourth-order valence-corrected chi connectivity index (χ4v) is 2.91. The normalized spacial score (nSPS) is 10.5. The van der Waals surface area contributed by atoms with Crippen molar-refractivity contribution in [3.05, 3.63) is 59.7 Å². The maximum atomic E-state index is 12.4. The third kappa shape index (κ3) is 5.06. The van der Waals surface area contributed by atoms with E-state index in [9.17, 15) is 4.79 Å². The third-order valence-corrected chi connectivity index (χ3v) is 4.37. The zero-order valence-electron chi connectivity index (χ0n) is 17.2. The van der Waals surface area contributed by atoms with Gasteiger partial charge in [0.1, 0.15) is 18.1 Å². The lowest BCUT2D eigenvalue weighted by atomic mass is 10.2. The molecule has 0 unspecified atom stereocenters. The molecule has 158 valence electrons. The zero-order valence-corrected chi connectivity index (χ0v) is 17.2. The Labute approximate surface area is 175 Å². The number of nitrogens with one attached hydrogen (secondary N) is 2. The molecule has 2 aromatic carbocycles. The fourth-order valence-electron chi connectivity index (χ4n) is 2.91. The smallest absolute Gasteiger partial charge is 0.276 e. The van der Waals surface area contributed by atoms with E-state index in [0.29, 0.717) is 25.0 Å². The lowest BCUT2D eigenvalue weighted by Gasteiger charge is -2.10. The van der Waals surface area contributed by atoms with Crippen molar-refractivity contribution in [3.63, 3.8) is 0 Å². The van der Waals surface area contributed by atoms with Crippen LogP contribution in [0.15, 0.2) is 48.5 Å². The van der Waals surface area contributed by atoms with Crippen molar-refractivity contribution >= 4 is 17.8 Å². The number of nitrogens with zero attached hydrogens (tertiary/aromatic N) is 3. The van der Waals surface area contributed by atoms with Gasteiger partial charge in [-0.3, -0.25) is 4.79 Å². The maximum Gasteiger partial charge on any atom is 0.276 e. The minimum Gasteiger partial charge on any atom is -0.496 e. The number of benzene rings is 2. The molecule has 2 N–H and O–H groups in total. The van der Waals surface area contributed by atoms with E-state index in [2.05, 4.69) is 20.7 Å². The molecule has 0 aliphatic carbocycles. The minimum absolute atomic E-state index is 0.112. The molecule has 30 heavy (non-hydrogen) atoms. The fraction of sp³-hybridized carbons (Fsp3) is 0.286. The molecular weight excluding hydrogens is 386 g/mol. The van der Waals surface area contributed by atoms with Crippen LogP contribution < -0.4 is 20.1 Å². The van der Waals surface area contributed by atoms with Crippen LogP contribution in [0.1, 0.15) is 15.9 Å². The standard InChI is InChI=1S/C21H25N5O4/c1-28-14-19(27)26-21(23-13-16-9-5-7-11-18(16)30-3)24-20(25-26)22-12-15-8-4-6-10-17(15)29-2/h4-11H,12-14H2,1-3H3,(H2,22,23,24,25). The molecular formula is C21H25N5O4. The molecule has 1 aromatic heterocycles. The lowest BCUT2D eigenvalue weighted by Crippen LogP contribution is -2.20. The van der Waals surface area contributed by atoms with Gasteiger partial charge in [-0.05, 0) is 12.1 Å². The molecule has 0 bridgehead atoms. The highest BCUT2D eigenvalue weighted by atomic mass is 16.5. The molecule has 0 aliphatic heterocycles. The molecule has 0 aliphatic rings. The lowest BCUT2D eigenvalue weighted by molar-refractivity contribution is 0.0748. The van der Waals surface area contributed by atoms with E-state index in [1.165, 1.54) is 11.8 Å². The molecule has 0 spiro atoms. The Morgan fingerprint density at radius 3 is 2.03 bits per heavy atom. The first-order valence-corrected chi connectivity index (χ1v) is 9.37. The molecule has 0 fully saturated rings. The van der Waals surface area contributed by atoms with Crippen molar-refractivity contribution in [2.75, 3.05) is 38.6 Å². The van der Waals surface area contributed by atoms with Gasteiger partial charge in [-0.2, -0.15) is 9.67 Å². The minimum atomic E-state index is -0.335. The number of hydrogen-bond acceptors (Lipinski definition) is 8. The van der Waals surface area contributed by atoms with E-state index >= 15 is 0 Å². The highest BCUT2D eigenvalue weighted by molar-refractivity contribution is 5.82. The molecule has 0 saturated heterocycles. The van der Waals surface area contributed by atoms with Crippen LogP contribution in [0.5, 0.6) is 11.5 Å². The summed E-state index contributed by atoms with van der Waals surface area (Å²) in [6.45, 7) is 0.742. The summed E-state index contributed by atoms with van der Waals surface area (Å²) in [6, 6.07) is 15.3. The Morgan fingerprint density at radius 1 is 0.900 bits per heavy atom. The number of aromatic nitrogens is 3. The highest BCUT2D eigenvalue weighted by Gasteiger charge is 2.17. The number of para-hydroxylation sites is 2. The Bertz CT molecular complexity index is 989. The molecule has 1 heterocycles. The van der Waals surface area contributed by atoms with Crippen LogP contribution in [0.25, 0.3) is 0 Å². The first-order valence-electron chi connectivity index (χ1n) is 9.37. The Kier molecular flexibility index (Phi) is 7.23. The van der Waals surface area contributed by atoms with Crippen LogP contribution in [0.2, 0.25) is 0 Å². The monoisotopic (exact) mass is 411 g/mol. The molecule has 3 aromatic rings. The Morgan fingerprint density at radius 2 is 1.47 bits per heavy atom. The number of rotatable bonds is 10. The summed E-state index contributed by atoms with van der Waals surface area (Å²) >= 11 is 0. The predicted molar refractivity (Wildman–Crippen MR) is 113 cm³/mol. The van der Waals surface area contributed by atoms with Gasteiger partial charge < -0.3 is 24.8 Å². The highest BCUT2D eigenvalue weighted by Crippen LogP contribution is 2.21. The molecule has 3 rings (SSSR count). The van der Waals surface area contributed by atoms with Crippen LogP contribution in [-0.4, -0.2) is 48.6 Å². The van der Waals surface area contributed by atoms with E-state index in [-0.39, 0.29) is 12.5 Å². The summed E-state index contributed by atoms with van der Waals surface area (Å²) in [5, 5.41) is 10.6. The van der Waals surface area contributed by atoms with Gasteiger partial charge in [-0.15, -0.1) is 5.10 Å². The van der Waals surface area contributed by atoms with Gasteiger partial charge in [-0.25, -0.2) is 0 Å². The molecule has 0 amide bonds. The van der Waals surface area contributed by atoms with Crippen molar-refractivity contribution in [3.8, 4) is 11.5 Å². The molecule has 0 saturated carbocycles. The SMILES string of the molecule is COCC(=O)n1nc(NCc2ccccc2OC)nc1NCc1ccccc1OC. The van der Waals surface area contributed by atoms with Gasteiger partial charge in [0.25, 0.3) is 5.91 Å². The number of hydrogen-bond donors (Lipinski definition) is 2. The zero-order chi connectivity index (χ0) is 21.3. The largest absolute Gasteiger partial charge is 0.496 e. The predicted octanol–water partition coefficient (Wildman–Crippen LogP) is 2.81. The summed E-state index contributed by atoms with van der Waals surface area (Å²) in [5.74, 6) is 1.79. The summed E-state index contributed by atoms with van der Waals surface area (Å²) in [4.78, 5) is 16.8. The summed E-state index contributed by atoms with van der Waals surface area (Å²) in [5.41, 5.74) is 1.88. The van der Waals surface area contributed by atoms with E-state index in [1.807, 2.05) is 48.5 Å². The molecule has 9 heteroatoms. The average Bonchev–Trinajstić information content (AvgIpc) is 3.20. The van der Waals surface area contributed by atoms with E-state index < -0.39 is 0 Å². The summed E-state index contributed by atoms with van der Waals surface area (Å²) in [7, 11) is 4.69. The molecule has 9 nitrogen and oxygen atoms in total. The second-order valence-electron chi connectivity index (χ2n) is 6.33. The first kappa shape index (κ1) is 21.1. The van der Waals surface area contributed by atoms with Crippen LogP contribution in [-0.2, 0) is 17.8 Å². The number of ether oxygens (including phenoxy) is 3. The molecule has 0 radical (unpaired) electrons. The summed E-state index contributed by atoms with van der Waals surface area (Å²) < 4.78 is 16.9. The van der Waals surface area contributed by atoms with Crippen molar-refractivity contribution in [2.24, 2.45) is 0 Å². The number of carbonyl (C=O) groups excluding carboxylic acids is 1. The third-order valence-electron chi connectivity index (χ3n) is 4.37. The Hall–Kier alpha value is -3.59. The van der Waals surface area contributed by atoms with E-state index in [4.69, 9.17) is 14.2 Å². The second-order valence-corrected chi connectivity index (χ2v) is 6.33. The maximum absolute atomic E-state index is 12.4. The van der Waals surface area contributed by atoms with Crippen molar-refractivity contribution in [2.45, 2.75) is 13.1 Å². The number of anilines is 2. The molecule has 0 atom stereocenters. The van der Waals surface area contributed by atoms with E-state index in [0.717, 1.165) is 22.6 Å². The van der Waals surface area contributed by atoms with Crippen LogP contribution >= 0.6 is 0 Å². The topological polar surface area (TPSA) is 99.5 Å². The van der Waals surface area contributed by atoms with Gasteiger partial charge in [0.15, 0.2) is 0 Å². The van der Waals surface area contributed by atoms with Gasteiger partial charge >= 0.3 is 0 Å². The van der Waals surface area contributed by atoms with E-state index in [1.54, 1.807) is 14.2 Å².